The number of hydrogen-bond acceptors (Lipinski definition) is 5. The lowest BCUT2D eigenvalue weighted by molar-refractivity contribution is 0.257. The van der Waals surface area contributed by atoms with E-state index in [0.717, 1.165) is 22.3 Å². The number of urea groups is 1. The molecular formula is C16H11N7O. The van der Waals surface area contributed by atoms with Crippen molar-refractivity contribution in [3.05, 3.63) is 48.3 Å². The predicted octanol–water partition coefficient (Wildman–Crippen LogP) is 2.12. The number of pyridine rings is 1. The summed E-state index contributed by atoms with van der Waals surface area (Å²) in [4.78, 5) is 22.9. The maximum absolute atomic E-state index is 11.2. The van der Waals surface area contributed by atoms with Crippen molar-refractivity contribution in [1.82, 2.24) is 25.6 Å². The maximum Gasteiger partial charge on any atom is 0.367 e. The Morgan fingerprint density at radius 1 is 1.04 bits per heavy atom. The Bertz CT molecular complexity index is 960. The SMILES string of the molecule is O=C1N=CC(Cc2cnccc2-c2ccccc2-c2nn[nH]n2)=N1. The van der Waals surface area contributed by atoms with Gasteiger partial charge in [-0.25, -0.2) is 4.79 Å². The molecule has 8 heteroatoms. The van der Waals surface area contributed by atoms with E-state index >= 15 is 0 Å². The van der Waals surface area contributed by atoms with Crippen LogP contribution in [0.4, 0.5) is 4.79 Å². The number of carbonyl (C=O) groups excluding carboxylic acids is 1. The van der Waals surface area contributed by atoms with Crippen LogP contribution in [0.1, 0.15) is 5.56 Å². The Kier molecular flexibility index (Phi) is 3.47. The fraction of sp³-hybridized carbons (Fsp3) is 0.0625. The molecule has 2 amide bonds. The molecule has 24 heavy (non-hydrogen) atoms. The monoisotopic (exact) mass is 317 g/mol. The number of carbonyl (C=O) groups is 1. The molecule has 1 aliphatic heterocycles. The summed E-state index contributed by atoms with van der Waals surface area (Å²) < 4.78 is 0. The highest BCUT2D eigenvalue weighted by molar-refractivity contribution is 6.38. The van der Waals surface area contributed by atoms with Crippen LogP contribution >= 0.6 is 0 Å². The van der Waals surface area contributed by atoms with Gasteiger partial charge in [0.25, 0.3) is 0 Å². The summed E-state index contributed by atoms with van der Waals surface area (Å²) >= 11 is 0. The second-order valence-electron chi connectivity index (χ2n) is 5.13. The maximum atomic E-state index is 11.2. The van der Waals surface area contributed by atoms with Gasteiger partial charge < -0.3 is 0 Å². The van der Waals surface area contributed by atoms with Crippen molar-refractivity contribution in [3.8, 4) is 22.5 Å². The summed E-state index contributed by atoms with van der Waals surface area (Å²) in [6.07, 6.45) is 5.45. The average Bonchev–Trinajstić information content (AvgIpc) is 3.27. The predicted molar refractivity (Wildman–Crippen MR) is 87.9 cm³/mol. The quantitative estimate of drug-likeness (QED) is 0.792. The van der Waals surface area contributed by atoms with E-state index in [1.54, 1.807) is 12.4 Å². The van der Waals surface area contributed by atoms with Crippen LogP contribution in [0.15, 0.2) is 52.7 Å². The van der Waals surface area contributed by atoms with E-state index in [1.165, 1.54) is 6.21 Å². The van der Waals surface area contributed by atoms with Crippen LogP contribution in [-0.2, 0) is 6.42 Å². The van der Waals surface area contributed by atoms with E-state index in [0.29, 0.717) is 18.0 Å². The van der Waals surface area contributed by atoms with Crippen molar-refractivity contribution in [1.29, 1.82) is 0 Å². The minimum absolute atomic E-state index is 0.470. The summed E-state index contributed by atoms with van der Waals surface area (Å²) in [6, 6.07) is 9.23. The van der Waals surface area contributed by atoms with Crippen LogP contribution in [0.25, 0.3) is 22.5 Å². The van der Waals surface area contributed by atoms with E-state index in [1.807, 2.05) is 30.3 Å². The van der Waals surface area contributed by atoms with E-state index in [-0.39, 0.29) is 0 Å². The fourth-order valence-electron chi connectivity index (χ4n) is 2.61. The van der Waals surface area contributed by atoms with Crippen molar-refractivity contribution < 1.29 is 4.79 Å². The molecule has 1 N–H and O–H groups in total. The van der Waals surface area contributed by atoms with Crippen LogP contribution < -0.4 is 0 Å². The van der Waals surface area contributed by atoms with E-state index in [2.05, 4.69) is 35.6 Å². The normalized spacial score (nSPS) is 13.3. The number of amides is 2. The van der Waals surface area contributed by atoms with Gasteiger partial charge in [0.05, 0.1) is 11.9 Å². The van der Waals surface area contributed by atoms with Gasteiger partial charge in [-0.1, -0.05) is 24.3 Å². The molecule has 0 atom stereocenters. The Hall–Kier alpha value is -3.55. The molecule has 0 radical (unpaired) electrons. The van der Waals surface area contributed by atoms with Gasteiger partial charge in [-0.15, -0.1) is 10.2 Å². The highest BCUT2D eigenvalue weighted by Gasteiger charge is 2.16. The van der Waals surface area contributed by atoms with Crippen LogP contribution in [0.5, 0.6) is 0 Å². The number of rotatable bonds is 4. The Morgan fingerprint density at radius 3 is 2.67 bits per heavy atom. The van der Waals surface area contributed by atoms with Crippen molar-refractivity contribution in [2.45, 2.75) is 6.42 Å². The molecule has 2 aromatic heterocycles. The van der Waals surface area contributed by atoms with E-state index in [4.69, 9.17) is 0 Å². The van der Waals surface area contributed by atoms with Gasteiger partial charge in [0, 0.05) is 24.4 Å². The number of nitrogens with one attached hydrogen (secondary N) is 1. The summed E-state index contributed by atoms with van der Waals surface area (Å²) in [7, 11) is 0. The standard InChI is InChI=1S/C16H11N7O/c24-16-18-9-11(19-16)7-10-8-17-6-5-12(10)13-3-1-2-4-14(13)15-20-22-23-21-15/h1-6,8-9H,7H2,(H,20,21,22,23). The third kappa shape index (κ3) is 2.60. The second kappa shape index (κ2) is 5.92. The third-order valence-electron chi connectivity index (χ3n) is 3.64. The highest BCUT2D eigenvalue weighted by Crippen LogP contribution is 2.31. The minimum Gasteiger partial charge on any atom is -0.264 e. The highest BCUT2D eigenvalue weighted by atomic mass is 16.2. The zero-order valence-corrected chi connectivity index (χ0v) is 12.4. The van der Waals surface area contributed by atoms with Crippen LogP contribution in [0, 0.1) is 0 Å². The first-order chi connectivity index (χ1) is 11.8. The van der Waals surface area contributed by atoms with Gasteiger partial charge in [0.2, 0.25) is 5.82 Å². The molecule has 0 aliphatic carbocycles. The molecule has 0 saturated carbocycles. The lowest BCUT2D eigenvalue weighted by Crippen LogP contribution is -2.04. The smallest absolute Gasteiger partial charge is 0.264 e. The van der Waals surface area contributed by atoms with Gasteiger partial charge in [0.1, 0.15) is 0 Å². The van der Waals surface area contributed by atoms with Crippen molar-refractivity contribution >= 4 is 18.0 Å². The summed E-state index contributed by atoms with van der Waals surface area (Å²) in [5.74, 6) is 0.517. The molecule has 0 spiro atoms. The zero-order chi connectivity index (χ0) is 16.4. The topological polar surface area (TPSA) is 109 Å². The third-order valence-corrected chi connectivity index (χ3v) is 3.64. The molecule has 0 unspecified atom stereocenters. The molecular weight excluding hydrogens is 306 g/mol. The van der Waals surface area contributed by atoms with E-state index < -0.39 is 6.03 Å². The van der Waals surface area contributed by atoms with Gasteiger partial charge in [-0.2, -0.15) is 15.2 Å². The molecule has 1 aromatic carbocycles. The first-order valence-corrected chi connectivity index (χ1v) is 7.23. The first-order valence-electron chi connectivity index (χ1n) is 7.23. The van der Waals surface area contributed by atoms with E-state index in [9.17, 15) is 4.79 Å². The Morgan fingerprint density at radius 2 is 1.92 bits per heavy atom. The lowest BCUT2D eigenvalue weighted by atomic mass is 9.94. The average molecular weight is 317 g/mol. The number of tetrazole rings is 1. The number of benzene rings is 1. The molecule has 1 aliphatic rings. The summed E-state index contributed by atoms with van der Waals surface area (Å²) in [6.45, 7) is 0. The number of aromatic nitrogens is 5. The Labute approximate surface area is 136 Å². The van der Waals surface area contributed by atoms with Crippen molar-refractivity contribution in [2.24, 2.45) is 9.98 Å². The largest absolute Gasteiger partial charge is 0.367 e. The number of H-pyrrole nitrogens is 1. The molecule has 4 rings (SSSR count). The second-order valence-corrected chi connectivity index (χ2v) is 5.13. The Balaban J connectivity index is 1.80. The first kappa shape index (κ1) is 14.1. The molecule has 3 heterocycles. The molecule has 3 aromatic rings. The number of hydrogen-bond donors (Lipinski definition) is 1. The van der Waals surface area contributed by atoms with Crippen LogP contribution in [0.3, 0.4) is 0 Å². The zero-order valence-electron chi connectivity index (χ0n) is 12.4. The lowest BCUT2D eigenvalue weighted by Gasteiger charge is -2.11. The van der Waals surface area contributed by atoms with Gasteiger partial charge in [-0.3, -0.25) is 4.98 Å². The molecule has 8 nitrogen and oxygen atoms in total. The number of aromatic amines is 1. The van der Waals surface area contributed by atoms with Gasteiger partial charge >= 0.3 is 6.03 Å². The fourth-order valence-corrected chi connectivity index (χ4v) is 2.61. The summed E-state index contributed by atoms with van der Waals surface area (Å²) in [5.41, 5.74) is 4.34. The molecule has 0 bridgehead atoms. The van der Waals surface area contributed by atoms with Gasteiger partial charge in [-0.05, 0) is 28.0 Å². The van der Waals surface area contributed by atoms with Gasteiger partial charge in [0.15, 0.2) is 0 Å². The molecule has 116 valence electrons. The van der Waals surface area contributed by atoms with Crippen molar-refractivity contribution in [2.75, 3.05) is 0 Å². The molecule has 0 saturated heterocycles. The number of aliphatic imine (C=N–C) groups is 2. The summed E-state index contributed by atoms with van der Waals surface area (Å²) in [5, 5.41) is 14.2. The van der Waals surface area contributed by atoms with Crippen LogP contribution in [0.2, 0.25) is 0 Å². The minimum atomic E-state index is -0.470. The molecule has 0 fully saturated rings. The van der Waals surface area contributed by atoms with Crippen LogP contribution in [-0.4, -0.2) is 43.6 Å². The number of nitrogens with zero attached hydrogens (tertiary/aromatic N) is 6. The van der Waals surface area contributed by atoms with Crippen molar-refractivity contribution in [3.63, 3.8) is 0 Å².